The third-order valence-corrected chi connectivity index (χ3v) is 7.48. The van der Waals surface area contributed by atoms with Crippen LogP contribution in [0.2, 0.25) is 0 Å². The van der Waals surface area contributed by atoms with Gasteiger partial charge < -0.3 is 29.9 Å². The molecule has 2 amide bonds. The second-order valence-electron chi connectivity index (χ2n) is 9.40. The number of esters is 1. The van der Waals surface area contributed by atoms with Crippen LogP contribution >= 0.6 is 15.9 Å². The van der Waals surface area contributed by atoms with Crippen LogP contribution in [0.5, 0.6) is 5.75 Å². The van der Waals surface area contributed by atoms with Crippen molar-refractivity contribution in [2.45, 2.75) is 18.4 Å². The van der Waals surface area contributed by atoms with Gasteiger partial charge in [-0.1, -0.05) is 28.1 Å². The fourth-order valence-corrected chi connectivity index (χ4v) is 5.12. The van der Waals surface area contributed by atoms with Crippen molar-refractivity contribution in [3.05, 3.63) is 53.1 Å². The number of hydrogen-bond donors (Lipinski definition) is 2. The normalized spacial score (nSPS) is 19.6. The molecule has 0 radical (unpaired) electrons. The number of Topliss-reactive ketones (excluding diaryl/α,β-unsaturated/α-hetero) is 1. The zero-order valence-electron chi connectivity index (χ0n) is 21.8. The molecule has 2 aromatic rings. The molecule has 2 aromatic carbocycles. The van der Waals surface area contributed by atoms with Crippen LogP contribution in [0, 0.1) is 0 Å². The van der Waals surface area contributed by atoms with Gasteiger partial charge in [0.15, 0.2) is 11.3 Å². The summed E-state index contributed by atoms with van der Waals surface area (Å²) in [5, 5.41) is 6.45. The summed E-state index contributed by atoms with van der Waals surface area (Å²) in [7, 11) is 6.08. The van der Waals surface area contributed by atoms with Gasteiger partial charge in [0.05, 0.1) is 24.0 Å². The summed E-state index contributed by atoms with van der Waals surface area (Å²) < 4.78 is 10.5. The molecule has 10 nitrogen and oxygen atoms in total. The number of amides is 2. The molecule has 4 rings (SSSR count). The van der Waals surface area contributed by atoms with Gasteiger partial charge in [-0.25, -0.2) is 9.59 Å². The SMILES string of the molecule is CNc1ccc(/C=C/C(=O)N2C[C@@H](CBr)c3c2cc(OC(=O)N(C)C)c2c3C(=O)[C@](C)(C(=O)OC)N2)cc1. The summed E-state index contributed by atoms with van der Waals surface area (Å²) in [6, 6.07) is 9.15. The number of carbonyl (C=O) groups excluding carboxylic acids is 4. The number of anilines is 3. The highest BCUT2D eigenvalue weighted by Gasteiger charge is 2.53. The standard InChI is InChI=1S/C27H29BrN4O6/c1-27(25(35)37-5)24(34)22-21-16(13-28)14-32(20(33)11-8-15-6-9-17(29-2)10-7-15)18(21)12-19(23(22)30-27)38-26(36)31(3)4/h6-12,16,29-30H,13-14H2,1-5H3/b11-8+/t16-,27-/m1/s1. The van der Waals surface area contributed by atoms with Crippen LogP contribution < -0.4 is 20.3 Å². The van der Waals surface area contributed by atoms with Crippen molar-refractivity contribution in [1.82, 2.24) is 4.90 Å². The molecule has 0 spiro atoms. The Morgan fingerprint density at radius 1 is 1.26 bits per heavy atom. The minimum Gasteiger partial charge on any atom is -0.467 e. The quantitative estimate of drug-likeness (QED) is 0.227. The number of ketones is 1. The molecular formula is C27H29BrN4O6. The molecule has 2 N–H and O–H groups in total. The van der Waals surface area contributed by atoms with Gasteiger partial charge in [-0.2, -0.15) is 0 Å². The molecule has 0 fully saturated rings. The number of alkyl halides is 1. The number of benzene rings is 2. The molecule has 0 bridgehead atoms. The molecule has 200 valence electrons. The lowest BCUT2D eigenvalue weighted by atomic mass is 9.89. The van der Waals surface area contributed by atoms with Gasteiger partial charge in [-0.3, -0.25) is 9.59 Å². The van der Waals surface area contributed by atoms with E-state index in [2.05, 4.69) is 26.6 Å². The number of fused-ring (bicyclic) bond motifs is 3. The lowest BCUT2D eigenvalue weighted by molar-refractivity contribution is -0.143. The van der Waals surface area contributed by atoms with Crippen molar-refractivity contribution in [3.63, 3.8) is 0 Å². The first-order valence-corrected chi connectivity index (χ1v) is 13.0. The number of nitrogens with zero attached hydrogens (tertiary/aromatic N) is 2. The molecule has 0 aromatic heterocycles. The zero-order valence-corrected chi connectivity index (χ0v) is 23.3. The lowest BCUT2D eigenvalue weighted by Gasteiger charge is -2.21. The third kappa shape index (κ3) is 4.62. The molecule has 38 heavy (non-hydrogen) atoms. The van der Waals surface area contributed by atoms with Crippen LogP contribution in [0.1, 0.15) is 34.3 Å². The highest BCUT2D eigenvalue weighted by atomic mass is 79.9. The Balaban J connectivity index is 1.80. The number of hydrogen-bond acceptors (Lipinski definition) is 8. The minimum atomic E-state index is -1.71. The molecule has 11 heteroatoms. The van der Waals surface area contributed by atoms with Crippen LogP contribution in [-0.4, -0.2) is 74.3 Å². The molecule has 0 saturated heterocycles. The van der Waals surface area contributed by atoms with E-state index < -0.39 is 23.4 Å². The number of carbonyl (C=O) groups is 4. The van der Waals surface area contributed by atoms with Crippen molar-refractivity contribution < 1.29 is 28.7 Å². The summed E-state index contributed by atoms with van der Waals surface area (Å²) in [4.78, 5) is 55.0. The summed E-state index contributed by atoms with van der Waals surface area (Å²) in [5.74, 6) is -1.79. The summed E-state index contributed by atoms with van der Waals surface area (Å²) >= 11 is 3.51. The van der Waals surface area contributed by atoms with E-state index in [0.717, 1.165) is 11.3 Å². The van der Waals surface area contributed by atoms with Gasteiger partial charge in [0, 0.05) is 56.8 Å². The van der Waals surface area contributed by atoms with Crippen LogP contribution in [0.4, 0.5) is 21.9 Å². The molecule has 2 aliphatic heterocycles. The average Bonchev–Trinajstić information content (AvgIpc) is 3.42. The fourth-order valence-electron chi connectivity index (χ4n) is 4.59. The van der Waals surface area contributed by atoms with E-state index in [1.165, 1.54) is 39.1 Å². The Hall–Kier alpha value is -3.86. The Morgan fingerprint density at radius 2 is 1.95 bits per heavy atom. The zero-order chi connectivity index (χ0) is 27.8. The topological polar surface area (TPSA) is 117 Å². The maximum absolute atomic E-state index is 13.7. The molecule has 0 aliphatic carbocycles. The third-order valence-electron chi connectivity index (χ3n) is 6.69. The van der Waals surface area contributed by atoms with Gasteiger partial charge in [0.2, 0.25) is 5.78 Å². The maximum atomic E-state index is 13.7. The number of halogens is 1. The Labute approximate surface area is 229 Å². The molecule has 2 heterocycles. The predicted octanol–water partition coefficient (Wildman–Crippen LogP) is 3.87. The first-order valence-electron chi connectivity index (χ1n) is 11.9. The van der Waals surface area contributed by atoms with Gasteiger partial charge in [0.25, 0.3) is 5.91 Å². The number of ether oxygens (including phenoxy) is 2. The van der Waals surface area contributed by atoms with Crippen LogP contribution in [0.25, 0.3) is 6.08 Å². The van der Waals surface area contributed by atoms with Crippen molar-refractivity contribution in [2.75, 3.05) is 55.7 Å². The Bertz CT molecular complexity index is 1340. The van der Waals surface area contributed by atoms with E-state index >= 15 is 0 Å². The number of methoxy groups -OCH3 is 1. The minimum absolute atomic E-state index is 0.0399. The smallest absolute Gasteiger partial charge is 0.414 e. The monoisotopic (exact) mass is 584 g/mol. The molecule has 2 aliphatic rings. The highest BCUT2D eigenvalue weighted by Crippen LogP contribution is 2.51. The number of nitrogens with one attached hydrogen (secondary N) is 2. The van der Waals surface area contributed by atoms with Gasteiger partial charge in [-0.05, 0) is 36.3 Å². The second-order valence-corrected chi connectivity index (χ2v) is 10.0. The van der Waals surface area contributed by atoms with E-state index in [0.29, 0.717) is 23.1 Å². The van der Waals surface area contributed by atoms with Crippen molar-refractivity contribution in [2.24, 2.45) is 0 Å². The van der Waals surface area contributed by atoms with E-state index in [1.807, 2.05) is 31.3 Å². The van der Waals surface area contributed by atoms with Crippen LogP contribution in [-0.2, 0) is 14.3 Å². The summed E-state index contributed by atoms with van der Waals surface area (Å²) in [6.07, 6.45) is 2.50. The van der Waals surface area contributed by atoms with Crippen LogP contribution in [0.3, 0.4) is 0 Å². The number of rotatable bonds is 6. The van der Waals surface area contributed by atoms with E-state index in [-0.39, 0.29) is 28.8 Å². The van der Waals surface area contributed by atoms with Crippen molar-refractivity contribution >= 4 is 62.8 Å². The van der Waals surface area contributed by atoms with Crippen molar-refractivity contribution in [3.8, 4) is 5.75 Å². The largest absolute Gasteiger partial charge is 0.467 e. The van der Waals surface area contributed by atoms with E-state index in [9.17, 15) is 19.2 Å². The van der Waals surface area contributed by atoms with Gasteiger partial charge in [-0.15, -0.1) is 0 Å². The molecular weight excluding hydrogens is 556 g/mol. The highest BCUT2D eigenvalue weighted by molar-refractivity contribution is 9.09. The predicted molar refractivity (Wildman–Crippen MR) is 148 cm³/mol. The van der Waals surface area contributed by atoms with E-state index in [1.54, 1.807) is 17.0 Å². The average molecular weight is 585 g/mol. The lowest BCUT2D eigenvalue weighted by Crippen LogP contribution is -2.47. The van der Waals surface area contributed by atoms with Gasteiger partial charge >= 0.3 is 12.1 Å². The maximum Gasteiger partial charge on any atom is 0.414 e. The van der Waals surface area contributed by atoms with Crippen molar-refractivity contribution in [1.29, 1.82) is 0 Å². The van der Waals surface area contributed by atoms with Crippen LogP contribution in [0.15, 0.2) is 36.4 Å². The first kappa shape index (κ1) is 27.2. The Morgan fingerprint density at radius 3 is 2.53 bits per heavy atom. The summed E-state index contributed by atoms with van der Waals surface area (Å²) in [6.45, 7) is 1.72. The fraction of sp³-hybridized carbons (Fsp3) is 0.333. The Kier molecular flexibility index (Phi) is 7.50. The first-order chi connectivity index (χ1) is 18.0. The van der Waals surface area contributed by atoms with E-state index in [4.69, 9.17) is 9.47 Å². The molecule has 0 unspecified atom stereocenters. The summed E-state index contributed by atoms with van der Waals surface area (Å²) in [5.41, 5.74) is 1.57. The molecule has 0 saturated carbocycles. The van der Waals surface area contributed by atoms with Gasteiger partial charge in [0.1, 0.15) is 0 Å². The second kappa shape index (κ2) is 10.5. The molecule has 2 atom stereocenters.